The fourth-order valence-electron chi connectivity index (χ4n) is 2.86. The zero-order valence-electron chi connectivity index (χ0n) is 10.9. The van der Waals surface area contributed by atoms with Crippen molar-refractivity contribution in [2.24, 2.45) is 11.8 Å². The third-order valence-corrected chi connectivity index (χ3v) is 4.24. The second-order valence-corrected chi connectivity index (χ2v) is 5.66. The van der Waals surface area contributed by atoms with Crippen LogP contribution in [0.25, 0.3) is 0 Å². The van der Waals surface area contributed by atoms with Gasteiger partial charge in [-0.1, -0.05) is 12.8 Å². The van der Waals surface area contributed by atoms with Crippen molar-refractivity contribution in [2.75, 3.05) is 13.7 Å². The molecule has 0 heterocycles. The molecular weight excluding hydrogens is 198 g/mol. The molecule has 0 bridgehead atoms. The molecule has 0 radical (unpaired) electrons. The predicted molar refractivity (Wildman–Crippen MR) is 67.6 cm³/mol. The average Bonchev–Trinajstić information content (AvgIpc) is 3.03. The van der Waals surface area contributed by atoms with Crippen LogP contribution in [0.15, 0.2) is 0 Å². The van der Waals surface area contributed by atoms with Crippen LogP contribution in [-0.4, -0.2) is 25.8 Å². The number of ether oxygens (including phenoxy) is 1. The quantitative estimate of drug-likeness (QED) is 0.686. The highest BCUT2D eigenvalue weighted by atomic mass is 16.5. The summed E-state index contributed by atoms with van der Waals surface area (Å²) < 4.78 is 5.61. The van der Waals surface area contributed by atoms with Gasteiger partial charge in [-0.05, 0) is 57.9 Å². The molecule has 1 N–H and O–H groups in total. The first kappa shape index (κ1) is 12.4. The smallest absolute Gasteiger partial charge is 0.0580 e. The molecule has 2 fully saturated rings. The fourth-order valence-corrected chi connectivity index (χ4v) is 2.86. The fraction of sp³-hybridized carbons (Fsp3) is 1.00. The Morgan fingerprint density at radius 2 is 2.00 bits per heavy atom. The summed E-state index contributed by atoms with van der Waals surface area (Å²) in [6.07, 6.45) is 10.4. The molecule has 1 unspecified atom stereocenters. The van der Waals surface area contributed by atoms with Crippen molar-refractivity contribution in [3.63, 3.8) is 0 Å². The largest absolute Gasteiger partial charge is 0.378 e. The summed E-state index contributed by atoms with van der Waals surface area (Å²) in [5, 5.41) is 3.49. The van der Waals surface area contributed by atoms with Crippen LogP contribution in [0.2, 0.25) is 0 Å². The molecule has 0 spiro atoms. The molecule has 0 saturated heterocycles. The summed E-state index contributed by atoms with van der Waals surface area (Å²) in [7, 11) is 2.12. The SMILES string of the molecule is CCOC1CC(CC(CCC2CC2)NC)C1. The second kappa shape index (κ2) is 6.02. The Kier molecular flexibility index (Phi) is 4.66. The molecule has 1 atom stereocenters. The normalized spacial score (nSPS) is 31.1. The molecule has 2 aliphatic carbocycles. The number of rotatable bonds is 8. The van der Waals surface area contributed by atoms with E-state index in [9.17, 15) is 0 Å². The van der Waals surface area contributed by atoms with E-state index in [4.69, 9.17) is 4.74 Å². The topological polar surface area (TPSA) is 21.3 Å². The highest BCUT2D eigenvalue weighted by Crippen LogP contribution is 2.37. The predicted octanol–water partition coefficient (Wildman–Crippen LogP) is 2.97. The lowest BCUT2D eigenvalue weighted by Crippen LogP contribution is -2.37. The van der Waals surface area contributed by atoms with Crippen LogP contribution in [0.4, 0.5) is 0 Å². The molecular formula is C14H27NO. The first-order valence-electron chi connectivity index (χ1n) is 7.10. The summed E-state index contributed by atoms with van der Waals surface area (Å²) in [6.45, 7) is 2.98. The Balaban J connectivity index is 1.56. The van der Waals surface area contributed by atoms with Crippen molar-refractivity contribution in [1.29, 1.82) is 0 Å². The molecule has 0 amide bonds. The first-order chi connectivity index (χ1) is 7.81. The minimum atomic E-state index is 0.580. The maximum atomic E-state index is 5.61. The van der Waals surface area contributed by atoms with E-state index in [-0.39, 0.29) is 0 Å². The number of hydrogen-bond acceptors (Lipinski definition) is 2. The average molecular weight is 225 g/mol. The van der Waals surface area contributed by atoms with Gasteiger partial charge in [0.2, 0.25) is 0 Å². The Hall–Kier alpha value is -0.0800. The van der Waals surface area contributed by atoms with Gasteiger partial charge in [0.1, 0.15) is 0 Å². The molecule has 0 aromatic rings. The highest BCUT2D eigenvalue weighted by Gasteiger charge is 2.31. The Morgan fingerprint density at radius 3 is 2.56 bits per heavy atom. The van der Waals surface area contributed by atoms with Crippen molar-refractivity contribution in [2.45, 2.75) is 64.0 Å². The van der Waals surface area contributed by atoms with E-state index in [1.807, 2.05) is 0 Å². The van der Waals surface area contributed by atoms with E-state index in [0.717, 1.165) is 24.5 Å². The zero-order valence-corrected chi connectivity index (χ0v) is 10.9. The summed E-state index contributed by atoms with van der Waals surface area (Å²) in [5.74, 6) is 2.00. The Morgan fingerprint density at radius 1 is 1.25 bits per heavy atom. The van der Waals surface area contributed by atoms with Crippen LogP contribution in [-0.2, 0) is 4.74 Å². The first-order valence-corrected chi connectivity index (χ1v) is 7.10. The second-order valence-electron chi connectivity index (χ2n) is 5.66. The molecule has 2 aliphatic rings. The molecule has 2 nitrogen and oxygen atoms in total. The molecule has 2 rings (SSSR count). The minimum Gasteiger partial charge on any atom is -0.378 e. The van der Waals surface area contributed by atoms with Crippen molar-refractivity contribution < 1.29 is 4.74 Å². The van der Waals surface area contributed by atoms with Crippen molar-refractivity contribution in [1.82, 2.24) is 5.32 Å². The number of nitrogens with one attached hydrogen (secondary N) is 1. The van der Waals surface area contributed by atoms with Crippen LogP contribution in [0.1, 0.15) is 51.9 Å². The van der Waals surface area contributed by atoms with Gasteiger partial charge >= 0.3 is 0 Å². The van der Waals surface area contributed by atoms with E-state index < -0.39 is 0 Å². The Bertz CT molecular complexity index is 197. The highest BCUT2D eigenvalue weighted by molar-refractivity contribution is 4.85. The maximum Gasteiger partial charge on any atom is 0.0580 e. The van der Waals surface area contributed by atoms with Gasteiger partial charge in [0.25, 0.3) is 0 Å². The molecule has 2 heteroatoms. The van der Waals surface area contributed by atoms with E-state index in [0.29, 0.717) is 6.10 Å². The minimum absolute atomic E-state index is 0.580. The lowest BCUT2D eigenvalue weighted by Gasteiger charge is -2.37. The summed E-state index contributed by atoms with van der Waals surface area (Å²) in [5.41, 5.74) is 0. The van der Waals surface area contributed by atoms with Crippen LogP contribution < -0.4 is 5.32 Å². The Labute approximate surface area is 100 Å². The van der Waals surface area contributed by atoms with Crippen molar-refractivity contribution in [3.8, 4) is 0 Å². The van der Waals surface area contributed by atoms with Crippen LogP contribution >= 0.6 is 0 Å². The molecule has 0 aromatic heterocycles. The summed E-state index contributed by atoms with van der Waals surface area (Å²) in [6, 6.07) is 0.758. The monoisotopic (exact) mass is 225 g/mol. The molecule has 94 valence electrons. The van der Waals surface area contributed by atoms with E-state index in [2.05, 4.69) is 19.3 Å². The van der Waals surface area contributed by atoms with Crippen LogP contribution in [0.5, 0.6) is 0 Å². The standard InChI is InChI=1S/C14H27NO/c1-3-16-14-9-12(10-14)8-13(15-2)7-6-11-4-5-11/h11-15H,3-10H2,1-2H3. The van der Waals surface area contributed by atoms with E-state index >= 15 is 0 Å². The van der Waals surface area contributed by atoms with Crippen molar-refractivity contribution in [3.05, 3.63) is 0 Å². The van der Waals surface area contributed by atoms with E-state index in [1.54, 1.807) is 0 Å². The third-order valence-electron chi connectivity index (χ3n) is 4.24. The van der Waals surface area contributed by atoms with Gasteiger partial charge in [0.15, 0.2) is 0 Å². The molecule has 0 aromatic carbocycles. The van der Waals surface area contributed by atoms with Crippen LogP contribution in [0.3, 0.4) is 0 Å². The van der Waals surface area contributed by atoms with Crippen molar-refractivity contribution >= 4 is 0 Å². The lowest BCUT2D eigenvalue weighted by atomic mass is 9.77. The third kappa shape index (κ3) is 3.74. The molecule has 0 aliphatic heterocycles. The maximum absolute atomic E-state index is 5.61. The summed E-state index contributed by atoms with van der Waals surface area (Å²) >= 11 is 0. The van der Waals surface area contributed by atoms with Gasteiger partial charge in [-0.3, -0.25) is 0 Å². The summed E-state index contributed by atoms with van der Waals surface area (Å²) in [4.78, 5) is 0. The molecule has 2 saturated carbocycles. The molecule has 16 heavy (non-hydrogen) atoms. The van der Waals surface area contributed by atoms with Crippen LogP contribution in [0, 0.1) is 11.8 Å². The van der Waals surface area contributed by atoms with Gasteiger partial charge in [0.05, 0.1) is 6.10 Å². The number of hydrogen-bond donors (Lipinski definition) is 1. The van der Waals surface area contributed by atoms with Gasteiger partial charge in [-0.2, -0.15) is 0 Å². The van der Waals surface area contributed by atoms with Gasteiger partial charge in [-0.15, -0.1) is 0 Å². The lowest BCUT2D eigenvalue weighted by molar-refractivity contribution is -0.0291. The van der Waals surface area contributed by atoms with Gasteiger partial charge in [-0.25, -0.2) is 0 Å². The van der Waals surface area contributed by atoms with Gasteiger partial charge in [0, 0.05) is 12.6 Å². The zero-order chi connectivity index (χ0) is 11.4. The van der Waals surface area contributed by atoms with Gasteiger partial charge < -0.3 is 10.1 Å². The van der Waals surface area contributed by atoms with E-state index in [1.165, 1.54) is 44.9 Å².